The van der Waals surface area contributed by atoms with Gasteiger partial charge in [-0.25, -0.2) is 0 Å². The number of ether oxygens (including phenoxy) is 1. The molecular weight excluding hydrogens is 458 g/mol. The van der Waals surface area contributed by atoms with E-state index in [2.05, 4.69) is 116 Å². The summed E-state index contributed by atoms with van der Waals surface area (Å²) in [5, 5.41) is 2.59. The summed E-state index contributed by atoms with van der Waals surface area (Å²) in [6, 6.07) is 37.0. The summed E-state index contributed by atoms with van der Waals surface area (Å²) in [6.45, 7) is 6.79. The molecule has 0 radical (unpaired) electrons. The minimum absolute atomic E-state index is 0.126. The van der Waals surface area contributed by atoms with Crippen molar-refractivity contribution in [2.75, 3.05) is 7.11 Å². The van der Waals surface area contributed by atoms with Crippen LogP contribution >= 0.6 is 11.3 Å². The van der Waals surface area contributed by atoms with E-state index >= 15 is 0 Å². The molecule has 3 heteroatoms. The van der Waals surface area contributed by atoms with Gasteiger partial charge < -0.3 is 9.30 Å². The Kier molecular flexibility index (Phi) is 5.46. The van der Waals surface area contributed by atoms with Crippen LogP contribution in [0.3, 0.4) is 0 Å². The summed E-state index contributed by atoms with van der Waals surface area (Å²) >= 11 is 1.87. The average molecular weight is 488 g/mol. The van der Waals surface area contributed by atoms with Gasteiger partial charge in [-0.2, -0.15) is 0 Å². The number of thiophene rings is 1. The van der Waals surface area contributed by atoms with Crippen molar-refractivity contribution in [1.82, 2.24) is 4.57 Å². The molecule has 6 rings (SSSR count). The van der Waals surface area contributed by atoms with Crippen molar-refractivity contribution in [2.24, 2.45) is 0 Å². The number of hydrogen-bond donors (Lipinski definition) is 0. The molecule has 2 aromatic heterocycles. The lowest BCUT2D eigenvalue weighted by molar-refractivity contribution is 0.415. The fraction of sp³-hybridized carbons (Fsp3) is 0.152. The second-order valence-corrected chi connectivity index (χ2v) is 11.2. The molecule has 0 aliphatic carbocycles. The molecule has 0 N–H and O–H groups in total. The molecule has 0 aliphatic heterocycles. The zero-order chi connectivity index (χ0) is 24.9. The minimum atomic E-state index is 0.126. The fourth-order valence-electron chi connectivity index (χ4n) is 4.99. The summed E-state index contributed by atoms with van der Waals surface area (Å²) in [7, 11) is 1.71. The van der Waals surface area contributed by atoms with Gasteiger partial charge in [0.25, 0.3) is 0 Å². The van der Waals surface area contributed by atoms with Crippen molar-refractivity contribution in [2.45, 2.75) is 26.2 Å². The largest absolute Gasteiger partial charge is 0.497 e. The zero-order valence-electron chi connectivity index (χ0n) is 21.1. The van der Waals surface area contributed by atoms with E-state index in [0.29, 0.717) is 0 Å². The van der Waals surface area contributed by atoms with Crippen molar-refractivity contribution >= 4 is 33.1 Å². The van der Waals surface area contributed by atoms with Crippen molar-refractivity contribution in [3.63, 3.8) is 0 Å². The highest BCUT2D eigenvalue weighted by Gasteiger charge is 2.23. The van der Waals surface area contributed by atoms with E-state index in [-0.39, 0.29) is 5.41 Å². The fourth-order valence-corrected chi connectivity index (χ4v) is 6.31. The Labute approximate surface area is 216 Å². The van der Waals surface area contributed by atoms with Crippen LogP contribution in [0.15, 0.2) is 103 Å². The molecule has 0 aliphatic rings. The van der Waals surface area contributed by atoms with Crippen LogP contribution in [0.2, 0.25) is 0 Å². The maximum atomic E-state index is 5.44. The summed E-state index contributed by atoms with van der Waals surface area (Å²) in [5.74, 6) is 0.869. The number of methoxy groups -OCH3 is 1. The molecule has 0 unspecified atom stereocenters. The SMILES string of the molecule is COc1ccc(-c2sc(-c3ccc(C(C)(C)C)cc3)c3c4ccccc4n(-c4ccccc4)c23)cc1. The van der Waals surface area contributed by atoms with Crippen LogP contribution in [-0.2, 0) is 5.41 Å². The Morgan fingerprint density at radius 1 is 0.667 bits per heavy atom. The number of aromatic nitrogens is 1. The van der Waals surface area contributed by atoms with Gasteiger partial charge in [0.2, 0.25) is 0 Å². The average Bonchev–Trinajstić information content (AvgIpc) is 3.45. The third kappa shape index (κ3) is 3.71. The molecule has 0 atom stereocenters. The number of fused-ring (bicyclic) bond motifs is 3. The highest BCUT2D eigenvalue weighted by Crippen LogP contribution is 2.49. The van der Waals surface area contributed by atoms with Crippen LogP contribution in [0.1, 0.15) is 26.3 Å². The summed E-state index contributed by atoms with van der Waals surface area (Å²) < 4.78 is 7.87. The van der Waals surface area contributed by atoms with Crippen molar-refractivity contribution in [1.29, 1.82) is 0 Å². The highest BCUT2D eigenvalue weighted by atomic mass is 32.1. The third-order valence-electron chi connectivity index (χ3n) is 6.90. The van der Waals surface area contributed by atoms with Gasteiger partial charge in [-0.15, -0.1) is 11.3 Å². The first-order chi connectivity index (χ1) is 17.5. The summed E-state index contributed by atoms with van der Waals surface area (Å²) in [5.41, 5.74) is 7.58. The van der Waals surface area contributed by atoms with E-state index in [0.717, 1.165) is 5.75 Å². The normalized spacial score (nSPS) is 11.9. The van der Waals surface area contributed by atoms with Crippen LogP contribution in [-0.4, -0.2) is 11.7 Å². The van der Waals surface area contributed by atoms with Gasteiger partial charge in [0.05, 0.1) is 23.0 Å². The quantitative estimate of drug-likeness (QED) is 0.241. The molecule has 0 fully saturated rings. The molecule has 2 heterocycles. The van der Waals surface area contributed by atoms with Crippen molar-refractivity contribution < 1.29 is 4.74 Å². The predicted molar refractivity (Wildman–Crippen MR) is 155 cm³/mol. The number of rotatable bonds is 4. The van der Waals surface area contributed by atoms with E-state index in [4.69, 9.17) is 4.74 Å². The number of hydrogen-bond acceptors (Lipinski definition) is 2. The van der Waals surface area contributed by atoms with Gasteiger partial charge in [0.15, 0.2) is 0 Å². The van der Waals surface area contributed by atoms with E-state index in [1.165, 1.54) is 53.9 Å². The van der Waals surface area contributed by atoms with E-state index in [9.17, 15) is 0 Å². The Morgan fingerprint density at radius 3 is 1.94 bits per heavy atom. The van der Waals surface area contributed by atoms with Crippen molar-refractivity contribution in [3.05, 3.63) is 109 Å². The number of para-hydroxylation sites is 2. The monoisotopic (exact) mass is 487 g/mol. The second kappa shape index (κ2) is 8.69. The lowest BCUT2D eigenvalue weighted by Gasteiger charge is -2.19. The van der Waals surface area contributed by atoms with Crippen molar-refractivity contribution in [3.8, 4) is 32.3 Å². The van der Waals surface area contributed by atoms with Crippen LogP contribution in [0.5, 0.6) is 5.75 Å². The minimum Gasteiger partial charge on any atom is -0.497 e. The molecule has 0 amide bonds. The van der Waals surface area contributed by atoms with Crippen LogP contribution in [0.25, 0.3) is 48.4 Å². The van der Waals surface area contributed by atoms with Gasteiger partial charge in [0, 0.05) is 21.3 Å². The smallest absolute Gasteiger partial charge is 0.118 e. The van der Waals surface area contributed by atoms with Gasteiger partial charge in [-0.05, 0) is 64.6 Å². The molecule has 0 saturated heterocycles. The molecule has 178 valence electrons. The molecule has 0 spiro atoms. The first kappa shape index (κ1) is 22.6. The van der Waals surface area contributed by atoms with Crippen LogP contribution in [0, 0.1) is 0 Å². The lowest BCUT2D eigenvalue weighted by atomic mass is 9.86. The molecule has 2 nitrogen and oxygen atoms in total. The summed E-state index contributed by atoms with van der Waals surface area (Å²) in [6.07, 6.45) is 0. The van der Waals surface area contributed by atoms with Gasteiger partial charge in [-0.3, -0.25) is 0 Å². The molecule has 36 heavy (non-hydrogen) atoms. The van der Waals surface area contributed by atoms with Gasteiger partial charge in [-0.1, -0.05) is 81.4 Å². The second-order valence-electron chi connectivity index (χ2n) is 10.2. The Balaban J connectivity index is 1.70. The Hall–Kier alpha value is -3.82. The van der Waals surface area contributed by atoms with E-state index < -0.39 is 0 Å². The predicted octanol–water partition coefficient (Wildman–Crippen LogP) is 9.49. The molecule has 6 aromatic rings. The van der Waals surface area contributed by atoms with E-state index in [1.54, 1.807) is 7.11 Å². The Morgan fingerprint density at radius 2 is 1.28 bits per heavy atom. The maximum Gasteiger partial charge on any atom is 0.118 e. The number of benzene rings is 4. The number of nitrogens with zero attached hydrogens (tertiary/aromatic N) is 1. The third-order valence-corrected chi connectivity index (χ3v) is 8.18. The standard InChI is InChI=1S/C33H29NOS/c1-33(2,3)24-18-14-22(15-19-24)31-29-27-12-8-9-13-28(27)34(25-10-6-5-7-11-25)30(29)32(36-31)23-16-20-26(35-4)21-17-23/h5-21H,1-4H3. The topological polar surface area (TPSA) is 14.2 Å². The molecule has 0 bridgehead atoms. The Bertz CT molecular complexity index is 1660. The van der Waals surface area contributed by atoms with Crippen LogP contribution in [0.4, 0.5) is 0 Å². The van der Waals surface area contributed by atoms with Crippen LogP contribution < -0.4 is 4.74 Å². The van der Waals surface area contributed by atoms with E-state index in [1.807, 2.05) is 23.5 Å². The summed E-state index contributed by atoms with van der Waals surface area (Å²) in [4.78, 5) is 2.57. The molecule has 0 saturated carbocycles. The van der Waals surface area contributed by atoms with Gasteiger partial charge >= 0.3 is 0 Å². The highest BCUT2D eigenvalue weighted by molar-refractivity contribution is 7.21. The molecular formula is C33H29NOS. The lowest BCUT2D eigenvalue weighted by Crippen LogP contribution is -2.10. The maximum absolute atomic E-state index is 5.44. The first-order valence-electron chi connectivity index (χ1n) is 12.3. The van der Waals surface area contributed by atoms with Gasteiger partial charge in [0.1, 0.15) is 5.75 Å². The molecule has 4 aromatic carbocycles. The first-order valence-corrected chi connectivity index (χ1v) is 13.1. The zero-order valence-corrected chi connectivity index (χ0v) is 21.9.